The summed E-state index contributed by atoms with van der Waals surface area (Å²) in [6.45, 7) is 1.90. The highest BCUT2D eigenvalue weighted by Gasteiger charge is 2.46. The van der Waals surface area contributed by atoms with Gasteiger partial charge in [-0.3, -0.25) is 14.5 Å². The fraction of sp³-hybridized carbons (Fsp3) is 0.710. The fourth-order valence-corrected chi connectivity index (χ4v) is 8.64. The van der Waals surface area contributed by atoms with E-state index < -0.39 is 11.9 Å². The molecule has 2 saturated heterocycles. The van der Waals surface area contributed by atoms with Gasteiger partial charge in [0.25, 0.3) is 5.56 Å². The van der Waals surface area contributed by atoms with Gasteiger partial charge in [0, 0.05) is 24.2 Å². The van der Waals surface area contributed by atoms with Crippen molar-refractivity contribution < 1.29 is 9.90 Å². The Morgan fingerprint density at radius 1 is 0.946 bits per heavy atom. The van der Waals surface area contributed by atoms with Crippen molar-refractivity contribution in [3.05, 3.63) is 40.3 Å². The molecule has 1 aromatic heterocycles. The van der Waals surface area contributed by atoms with E-state index in [2.05, 4.69) is 9.47 Å². The van der Waals surface area contributed by atoms with E-state index in [1.807, 2.05) is 31.2 Å². The average Bonchev–Trinajstić information content (AvgIpc) is 3.04. The van der Waals surface area contributed by atoms with Gasteiger partial charge in [0.1, 0.15) is 5.69 Å². The van der Waals surface area contributed by atoms with Crippen molar-refractivity contribution >= 4 is 17.0 Å². The van der Waals surface area contributed by atoms with Crippen molar-refractivity contribution in [1.29, 1.82) is 0 Å². The third-order valence-electron chi connectivity index (χ3n) is 10.3. The van der Waals surface area contributed by atoms with Gasteiger partial charge >= 0.3 is 5.97 Å². The number of aryl methyl sites for hydroxylation is 1. The summed E-state index contributed by atoms with van der Waals surface area (Å²) in [5.41, 5.74) is 2.32. The normalized spacial score (nSPS) is 32.8. The van der Waals surface area contributed by atoms with Crippen molar-refractivity contribution in [2.24, 2.45) is 17.8 Å². The highest BCUT2D eigenvalue weighted by Crippen LogP contribution is 2.47. The number of carboxylic acids is 1. The molecule has 6 heteroatoms. The Morgan fingerprint density at radius 3 is 2.27 bits per heavy atom. The predicted molar refractivity (Wildman–Crippen MR) is 146 cm³/mol. The molecule has 2 aliphatic heterocycles. The van der Waals surface area contributed by atoms with Gasteiger partial charge in [0.05, 0.1) is 17.0 Å². The zero-order chi connectivity index (χ0) is 25.5. The van der Waals surface area contributed by atoms with Crippen LogP contribution in [0.15, 0.2) is 29.1 Å². The summed E-state index contributed by atoms with van der Waals surface area (Å²) in [5.74, 6) is 0.639. The molecule has 6 nitrogen and oxygen atoms in total. The van der Waals surface area contributed by atoms with Crippen LogP contribution in [0.25, 0.3) is 11.0 Å². The molecule has 37 heavy (non-hydrogen) atoms. The standard InChI is InChI=1S/C31H43N3O3/c1-2-22(31(36)37)11-14-28-30(35)34(29-10-6-5-9-27(29)32-28)26-18-23-12-13-24(19-26)33(23)25-16-20-7-3-4-8-21(15-20)17-25/h5-6,9-10,20-26H,2-4,7-8,11-19H2,1H3,(H,36,37)/t20?,21?,22?,23-,24?,25?,26?/m1/s1. The number of hydrogen-bond donors (Lipinski definition) is 1. The first kappa shape index (κ1) is 25.1. The maximum Gasteiger partial charge on any atom is 0.306 e. The van der Waals surface area contributed by atoms with Gasteiger partial charge in [-0.1, -0.05) is 44.7 Å². The predicted octanol–water partition coefficient (Wildman–Crippen LogP) is 5.97. The fourth-order valence-electron chi connectivity index (χ4n) is 8.64. The second-order valence-corrected chi connectivity index (χ2v) is 12.5. The number of piperidine rings is 1. The lowest BCUT2D eigenvalue weighted by Gasteiger charge is -2.48. The summed E-state index contributed by atoms with van der Waals surface area (Å²) in [4.78, 5) is 33.1. The summed E-state index contributed by atoms with van der Waals surface area (Å²) >= 11 is 0. The molecular formula is C31H43N3O3. The number of carbonyl (C=O) groups is 1. The molecule has 5 unspecified atom stereocenters. The van der Waals surface area contributed by atoms with Crippen LogP contribution in [0.4, 0.5) is 0 Å². The van der Waals surface area contributed by atoms with Gasteiger partial charge in [-0.05, 0) is 88.2 Å². The molecule has 4 aliphatic rings. The minimum Gasteiger partial charge on any atom is -0.481 e. The molecule has 1 aromatic carbocycles. The minimum atomic E-state index is -0.782. The SMILES string of the molecule is CCC(CCc1nc2ccccc2n(C2CC3CC[C@H](C2)N3C2CC3CCCCC(C3)C2)c1=O)C(=O)O. The van der Waals surface area contributed by atoms with E-state index >= 15 is 0 Å². The number of aromatic nitrogens is 2. The minimum absolute atomic E-state index is 0.000442. The molecular weight excluding hydrogens is 462 g/mol. The second-order valence-electron chi connectivity index (χ2n) is 12.5. The smallest absolute Gasteiger partial charge is 0.306 e. The van der Waals surface area contributed by atoms with Crippen LogP contribution < -0.4 is 5.56 Å². The van der Waals surface area contributed by atoms with E-state index in [9.17, 15) is 14.7 Å². The van der Waals surface area contributed by atoms with Crippen molar-refractivity contribution in [1.82, 2.24) is 14.5 Å². The average molecular weight is 506 g/mol. The molecule has 6 rings (SSSR count). The van der Waals surface area contributed by atoms with Crippen LogP contribution in [-0.4, -0.2) is 43.7 Å². The third kappa shape index (κ3) is 4.86. The summed E-state index contributed by atoms with van der Waals surface area (Å²) in [7, 11) is 0. The Labute approximate surface area is 220 Å². The summed E-state index contributed by atoms with van der Waals surface area (Å²) in [5, 5.41) is 9.51. The molecule has 6 atom stereocenters. The highest BCUT2D eigenvalue weighted by molar-refractivity contribution is 5.75. The van der Waals surface area contributed by atoms with Crippen LogP contribution in [-0.2, 0) is 11.2 Å². The molecule has 0 spiro atoms. The number of rotatable bonds is 7. The number of para-hydroxylation sites is 2. The lowest BCUT2D eigenvalue weighted by molar-refractivity contribution is -0.142. The molecule has 3 heterocycles. The van der Waals surface area contributed by atoms with E-state index in [1.54, 1.807) is 0 Å². The van der Waals surface area contributed by atoms with E-state index in [1.165, 1.54) is 57.8 Å². The number of hydrogen-bond acceptors (Lipinski definition) is 4. The van der Waals surface area contributed by atoms with Crippen molar-refractivity contribution in [2.45, 2.75) is 121 Å². The number of nitrogens with zero attached hydrogens (tertiary/aromatic N) is 3. The van der Waals surface area contributed by atoms with Crippen LogP contribution in [0, 0.1) is 17.8 Å². The number of benzene rings is 1. The molecule has 4 bridgehead atoms. The maximum atomic E-state index is 13.9. The monoisotopic (exact) mass is 505 g/mol. The third-order valence-corrected chi connectivity index (χ3v) is 10.3. The molecule has 2 aliphatic carbocycles. The first-order valence-corrected chi connectivity index (χ1v) is 15.0. The Hall–Kier alpha value is -2.21. The summed E-state index contributed by atoms with van der Waals surface area (Å²) in [6.07, 6.45) is 16.0. The molecule has 0 amide bonds. The van der Waals surface area contributed by atoms with Crippen LogP contribution in [0.1, 0.15) is 102 Å². The molecule has 2 aromatic rings. The van der Waals surface area contributed by atoms with E-state index in [4.69, 9.17) is 4.98 Å². The largest absolute Gasteiger partial charge is 0.481 e. The lowest BCUT2D eigenvalue weighted by Crippen LogP contribution is -2.52. The Morgan fingerprint density at radius 2 is 1.62 bits per heavy atom. The van der Waals surface area contributed by atoms with Crippen LogP contribution >= 0.6 is 0 Å². The van der Waals surface area contributed by atoms with Crippen molar-refractivity contribution in [3.63, 3.8) is 0 Å². The molecule has 200 valence electrons. The molecule has 4 fully saturated rings. The van der Waals surface area contributed by atoms with Gasteiger partial charge < -0.3 is 9.67 Å². The number of aliphatic carboxylic acids is 1. The van der Waals surface area contributed by atoms with Gasteiger partial charge in [0.2, 0.25) is 0 Å². The Balaban J connectivity index is 1.27. The van der Waals surface area contributed by atoms with Crippen LogP contribution in [0.2, 0.25) is 0 Å². The second kappa shape index (κ2) is 10.5. The Kier molecular flexibility index (Phi) is 7.13. The van der Waals surface area contributed by atoms with Crippen molar-refractivity contribution in [2.75, 3.05) is 0 Å². The molecule has 2 saturated carbocycles. The lowest BCUT2D eigenvalue weighted by atomic mass is 9.76. The summed E-state index contributed by atoms with van der Waals surface area (Å²) in [6, 6.07) is 10.1. The van der Waals surface area contributed by atoms with Crippen molar-refractivity contribution in [3.8, 4) is 0 Å². The first-order valence-electron chi connectivity index (χ1n) is 15.0. The van der Waals surface area contributed by atoms with E-state index in [0.29, 0.717) is 37.0 Å². The topological polar surface area (TPSA) is 75.4 Å². The molecule has 0 radical (unpaired) electrons. The van der Waals surface area contributed by atoms with Crippen LogP contribution in [0.3, 0.4) is 0 Å². The quantitative estimate of drug-likeness (QED) is 0.502. The maximum absolute atomic E-state index is 13.9. The van der Waals surface area contributed by atoms with Gasteiger partial charge in [0.15, 0.2) is 0 Å². The van der Waals surface area contributed by atoms with Gasteiger partial charge in [-0.15, -0.1) is 0 Å². The zero-order valence-corrected chi connectivity index (χ0v) is 22.4. The highest BCUT2D eigenvalue weighted by atomic mass is 16.4. The number of fused-ring (bicyclic) bond motifs is 5. The number of carboxylic acid groups (broad SMARTS) is 1. The zero-order valence-electron chi connectivity index (χ0n) is 22.4. The van der Waals surface area contributed by atoms with Crippen LogP contribution in [0.5, 0.6) is 0 Å². The van der Waals surface area contributed by atoms with Gasteiger partial charge in [-0.2, -0.15) is 0 Å². The molecule has 1 N–H and O–H groups in total. The Bertz CT molecular complexity index is 1160. The summed E-state index contributed by atoms with van der Waals surface area (Å²) < 4.78 is 2.06. The van der Waals surface area contributed by atoms with E-state index in [0.717, 1.165) is 41.8 Å². The first-order chi connectivity index (χ1) is 18.0. The van der Waals surface area contributed by atoms with E-state index in [-0.39, 0.29) is 11.6 Å². The van der Waals surface area contributed by atoms with Gasteiger partial charge in [-0.25, -0.2) is 4.98 Å².